The second kappa shape index (κ2) is 19.7. The Morgan fingerprint density at radius 1 is 0.542 bits per heavy atom. The molecule has 0 fully saturated rings. The zero-order valence-corrected chi connectivity index (χ0v) is 18.6. The molecule has 0 aromatic rings. The Hall–Kier alpha value is 0.400. The minimum absolute atomic E-state index is 0. The zero-order chi connectivity index (χ0) is 17.2. The molecule has 0 aliphatic rings. The fourth-order valence-electron chi connectivity index (χ4n) is 3.29. The van der Waals surface area contributed by atoms with Gasteiger partial charge in [-0.3, -0.25) is 0 Å². The highest BCUT2D eigenvalue weighted by Gasteiger charge is 2.12. The van der Waals surface area contributed by atoms with Crippen LogP contribution in [0.25, 0.3) is 0 Å². The van der Waals surface area contributed by atoms with Crippen LogP contribution >= 0.6 is 0 Å². The van der Waals surface area contributed by atoms with Crippen LogP contribution in [0.4, 0.5) is 0 Å². The van der Waals surface area contributed by atoms with Gasteiger partial charge in [-0.1, -0.05) is 90.4 Å². The summed E-state index contributed by atoms with van der Waals surface area (Å²) < 4.78 is 0.967. The molecule has 0 unspecified atom stereocenters. The van der Waals surface area contributed by atoms with Crippen LogP contribution in [0.5, 0.6) is 0 Å². The lowest BCUT2D eigenvalue weighted by molar-refractivity contribution is -0.890. The number of nitrogens with zero attached hydrogens (tertiary/aromatic N) is 1. The van der Waals surface area contributed by atoms with E-state index >= 15 is 0 Å². The van der Waals surface area contributed by atoms with Gasteiger partial charge in [-0.15, -0.1) is 0 Å². The molecule has 0 aromatic carbocycles. The predicted octanol–water partition coefficient (Wildman–Crippen LogP) is 2.93. The Labute approximate surface area is 163 Å². The maximum Gasteiger partial charge on any atom is 0.102 e. The van der Waals surface area contributed by atoms with Gasteiger partial charge in [0.15, 0.2) is 0 Å². The maximum absolute atomic E-state index is 9.01. The molecule has 0 rings (SSSR count). The first-order valence-electron chi connectivity index (χ1n) is 10.6. The van der Waals surface area contributed by atoms with Crippen LogP contribution in [-0.2, 0) is 0 Å². The lowest BCUT2D eigenvalue weighted by Crippen LogP contribution is -3.00. The van der Waals surface area contributed by atoms with Crippen LogP contribution in [0.15, 0.2) is 0 Å². The molecule has 3 heteroatoms. The molecule has 148 valence electrons. The van der Waals surface area contributed by atoms with Gasteiger partial charge in [-0.25, -0.2) is 0 Å². The topological polar surface area (TPSA) is 20.2 Å². The van der Waals surface area contributed by atoms with Gasteiger partial charge in [-0.2, -0.15) is 0 Å². The zero-order valence-electron chi connectivity index (χ0n) is 17.0. The van der Waals surface area contributed by atoms with E-state index in [4.69, 9.17) is 5.11 Å². The van der Waals surface area contributed by atoms with Crippen molar-refractivity contribution in [3.63, 3.8) is 0 Å². The van der Waals surface area contributed by atoms with Crippen molar-refractivity contribution in [1.29, 1.82) is 0 Å². The fourth-order valence-corrected chi connectivity index (χ4v) is 3.29. The first-order chi connectivity index (χ1) is 11.1. The van der Waals surface area contributed by atoms with Gasteiger partial charge >= 0.3 is 0 Å². The van der Waals surface area contributed by atoms with Gasteiger partial charge in [0.25, 0.3) is 0 Å². The largest absolute Gasteiger partial charge is 1.00 e. The van der Waals surface area contributed by atoms with Crippen molar-refractivity contribution in [1.82, 2.24) is 0 Å². The molecule has 0 bridgehead atoms. The van der Waals surface area contributed by atoms with Gasteiger partial charge in [0.1, 0.15) is 6.54 Å². The Bertz CT molecular complexity index is 234. The summed E-state index contributed by atoms with van der Waals surface area (Å²) >= 11 is 0. The molecule has 24 heavy (non-hydrogen) atoms. The van der Waals surface area contributed by atoms with Gasteiger partial charge in [0.2, 0.25) is 0 Å². The van der Waals surface area contributed by atoms with Gasteiger partial charge in [0, 0.05) is 0 Å². The molecule has 1 N–H and O–H groups in total. The SMILES string of the molecule is CCCCCCCCCCCCCCCCC[N+](C)(C)CCO.[Br-]. The molecule has 0 spiro atoms. The number of likely N-dealkylation sites (N-methyl/N-ethyl adjacent to an activating group) is 1. The summed E-state index contributed by atoms with van der Waals surface area (Å²) in [5.41, 5.74) is 0. The van der Waals surface area contributed by atoms with Gasteiger partial charge in [0.05, 0.1) is 27.2 Å². The molecule has 0 aromatic heterocycles. The lowest BCUT2D eigenvalue weighted by Gasteiger charge is -2.28. The Balaban J connectivity index is 0. The van der Waals surface area contributed by atoms with Crippen molar-refractivity contribution in [2.24, 2.45) is 0 Å². The van der Waals surface area contributed by atoms with E-state index in [1.54, 1.807) is 0 Å². The van der Waals surface area contributed by atoms with E-state index in [0.29, 0.717) is 6.61 Å². The van der Waals surface area contributed by atoms with E-state index in [-0.39, 0.29) is 17.0 Å². The van der Waals surface area contributed by atoms with E-state index in [9.17, 15) is 0 Å². The van der Waals surface area contributed by atoms with Crippen LogP contribution in [-0.4, -0.2) is 43.4 Å². The molecular weight excluding hydrogens is 362 g/mol. The molecule has 2 nitrogen and oxygen atoms in total. The summed E-state index contributed by atoms with van der Waals surface area (Å²) in [5.74, 6) is 0. The van der Waals surface area contributed by atoms with E-state index in [1.807, 2.05) is 0 Å². The lowest BCUT2D eigenvalue weighted by atomic mass is 10.0. The van der Waals surface area contributed by atoms with Crippen molar-refractivity contribution < 1.29 is 26.6 Å². The smallest absolute Gasteiger partial charge is 0.102 e. The average Bonchev–Trinajstić information content (AvgIpc) is 2.51. The fraction of sp³-hybridized carbons (Fsp3) is 1.00. The summed E-state index contributed by atoms with van der Waals surface area (Å²) in [4.78, 5) is 0. The number of hydrogen-bond donors (Lipinski definition) is 1. The normalized spacial score (nSPS) is 11.5. The van der Waals surface area contributed by atoms with Crippen molar-refractivity contribution in [2.45, 2.75) is 103 Å². The molecule has 0 radical (unpaired) electrons. The van der Waals surface area contributed by atoms with E-state index in [0.717, 1.165) is 11.0 Å². The Morgan fingerprint density at radius 3 is 1.21 bits per heavy atom. The third-order valence-corrected chi connectivity index (χ3v) is 5.07. The Kier molecular flexibility index (Phi) is 21.9. The highest BCUT2D eigenvalue weighted by Crippen LogP contribution is 2.13. The summed E-state index contributed by atoms with van der Waals surface area (Å²) in [7, 11) is 4.44. The number of hydrogen-bond acceptors (Lipinski definition) is 1. The number of halogens is 1. The van der Waals surface area contributed by atoms with Crippen molar-refractivity contribution in [3.05, 3.63) is 0 Å². The summed E-state index contributed by atoms with van der Waals surface area (Å²) in [5, 5.41) is 9.01. The van der Waals surface area contributed by atoms with Crippen LogP contribution in [0.2, 0.25) is 0 Å². The first kappa shape index (κ1) is 26.6. The number of aliphatic hydroxyl groups is 1. The Morgan fingerprint density at radius 2 is 0.875 bits per heavy atom. The minimum atomic E-state index is 0. The van der Waals surface area contributed by atoms with Crippen LogP contribution in [0.3, 0.4) is 0 Å². The summed E-state index contributed by atoms with van der Waals surface area (Å²) in [6.45, 7) is 4.69. The van der Waals surface area contributed by atoms with Crippen LogP contribution in [0.1, 0.15) is 103 Å². The van der Waals surface area contributed by atoms with E-state index < -0.39 is 0 Å². The molecule has 0 heterocycles. The highest BCUT2D eigenvalue weighted by molar-refractivity contribution is 4.49. The van der Waals surface area contributed by atoms with E-state index in [1.165, 1.54) is 103 Å². The first-order valence-corrected chi connectivity index (χ1v) is 10.6. The summed E-state index contributed by atoms with van der Waals surface area (Å²) in [6.07, 6.45) is 21.4. The maximum atomic E-state index is 9.01. The molecule has 0 saturated carbocycles. The van der Waals surface area contributed by atoms with Crippen molar-refractivity contribution in [3.8, 4) is 0 Å². The molecule has 0 aliphatic heterocycles. The second-order valence-electron chi connectivity index (χ2n) is 8.06. The van der Waals surface area contributed by atoms with Gasteiger partial charge < -0.3 is 26.6 Å². The quantitative estimate of drug-likeness (QED) is 0.273. The minimum Gasteiger partial charge on any atom is -1.00 e. The number of aliphatic hydroxyl groups excluding tert-OH is 1. The standard InChI is InChI=1S/C21H46NO.BrH/c1-4-5-6-7-8-9-10-11-12-13-14-15-16-17-18-19-22(2,3)20-21-23;/h23H,4-21H2,1-3H3;1H/q+1;/p-1. The second-order valence-corrected chi connectivity index (χ2v) is 8.06. The molecule has 0 amide bonds. The van der Waals surface area contributed by atoms with Crippen LogP contribution in [0, 0.1) is 0 Å². The van der Waals surface area contributed by atoms with Crippen molar-refractivity contribution in [2.75, 3.05) is 33.8 Å². The van der Waals surface area contributed by atoms with E-state index in [2.05, 4.69) is 21.0 Å². The average molecular weight is 409 g/mol. The molecule has 0 atom stereocenters. The van der Waals surface area contributed by atoms with Crippen LogP contribution < -0.4 is 17.0 Å². The van der Waals surface area contributed by atoms with Gasteiger partial charge in [-0.05, 0) is 12.8 Å². The predicted molar refractivity (Wildman–Crippen MR) is 104 cm³/mol. The summed E-state index contributed by atoms with van der Waals surface area (Å²) in [6, 6.07) is 0. The highest BCUT2D eigenvalue weighted by atomic mass is 79.9. The third-order valence-electron chi connectivity index (χ3n) is 5.07. The number of quaternary nitrogens is 1. The molecule has 0 saturated heterocycles. The van der Waals surface area contributed by atoms with Crippen molar-refractivity contribution >= 4 is 0 Å². The third kappa shape index (κ3) is 20.4. The molecule has 0 aliphatic carbocycles. The monoisotopic (exact) mass is 407 g/mol. The number of rotatable bonds is 18. The molecular formula is C21H46BrNO. The number of unbranched alkanes of at least 4 members (excludes halogenated alkanes) is 14.